The van der Waals surface area contributed by atoms with E-state index in [0.717, 1.165) is 0 Å². The van der Waals surface area contributed by atoms with Gasteiger partial charge >= 0.3 is 5.69 Å². The van der Waals surface area contributed by atoms with Crippen LogP contribution in [0.3, 0.4) is 0 Å². The quantitative estimate of drug-likeness (QED) is 0.514. The molecule has 0 atom stereocenters. The number of nitrogens with one attached hydrogen (secondary N) is 1. The fourth-order valence-electron chi connectivity index (χ4n) is 0.444. The van der Waals surface area contributed by atoms with E-state index in [2.05, 4.69) is 15.4 Å². The first-order chi connectivity index (χ1) is 4.34. The molecule has 0 spiro atoms. The largest absolute Gasteiger partial charge is 0.368 e. The van der Waals surface area contributed by atoms with E-state index >= 15 is 0 Å². The fraction of sp³-hybridized carbons (Fsp3) is 0.250. The zero-order valence-corrected chi connectivity index (χ0v) is 4.90. The van der Waals surface area contributed by atoms with Crippen LogP contribution >= 0.6 is 0 Å². The van der Waals surface area contributed by atoms with Crippen LogP contribution in [0.5, 0.6) is 0 Å². The predicted octanol–water partition coefficient (Wildman–Crippen LogP) is -1.19. The van der Waals surface area contributed by atoms with E-state index in [-0.39, 0.29) is 5.69 Å². The smallest absolute Gasteiger partial charge is 0.324 e. The molecule has 5 heteroatoms. The van der Waals surface area contributed by atoms with Crippen LogP contribution in [-0.4, -0.2) is 21.7 Å². The highest BCUT2D eigenvalue weighted by Crippen LogP contribution is 1.61. The van der Waals surface area contributed by atoms with E-state index in [9.17, 15) is 4.79 Å². The van der Waals surface area contributed by atoms with Crippen LogP contribution in [0.2, 0.25) is 0 Å². The van der Waals surface area contributed by atoms with Gasteiger partial charge in [0.2, 0.25) is 0 Å². The minimum absolute atomic E-state index is 0.354. The minimum Gasteiger partial charge on any atom is -0.324 e. The summed E-state index contributed by atoms with van der Waals surface area (Å²) >= 11 is 0. The summed E-state index contributed by atoms with van der Waals surface area (Å²) < 4.78 is 1.18. The Bertz CT molecular complexity index is 242. The molecule has 0 saturated heterocycles. The molecule has 1 rings (SSSR count). The third-order valence-corrected chi connectivity index (χ3v) is 0.864. The Balaban J connectivity index is 3.16. The Labute approximate surface area is 51.3 Å². The van der Waals surface area contributed by atoms with Crippen LogP contribution < -0.4 is 11.1 Å². The summed E-state index contributed by atoms with van der Waals surface area (Å²) in [6, 6.07) is 0. The molecular formula is C4H6N4O. The van der Waals surface area contributed by atoms with E-state index in [4.69, 9.17) is 0 Å². The van der Waals surface area contributed by atoms with E-state index in [1.807, 2.05) is 0 Å². The third-order valence-electron chi connectivity index (χ3n) is 0.864. The Morgan fingerprint density at radius 3 is 3.00 bits per heavy atom. The summed E-state index contributed by atoms with van der Waals surface area (Å²) in [7, 11) is 1.62. The van der Waals surface area contributed by atoms with Crippen LogP contribution in [0.25, 0.3) is 0 Å². The summed E-state index contributed by atoms with van der Waals surface area (Å²) in [5.41, 5.74) is 2.22. The van der Waals surface area contributed by atoms with Crippen molar-refractivity contribution >= 4 is 0 Å². The van der Waals surface area contributed by atoms with Crippen molar-refractivity contribution in [3.8, 4) is 0 Å². The Morgan fingerprint density at radius 1 is 1.78 bits per heavy atom. The first kappa shape index (κ1) is 5.74. The van der Waals surface area contributed by atoms with Crippen LogP contribution in [0.4, 0.5) is 0 Å². The molecule has 1 N–H and O–H groups in total. The Kier molecular flexibility index (Phi) is 1.44. The number of hydrogen-bond donors (Lipinski definition) is 1. The van der Waals surface area contributed by atoms with Crippen LogP contribution in [0.1, 0.15) is 0 Å². The summed E-state index contributed by atoms with van der Waals surface area (Å²) in [4.78, 5) is 17.6. The zero-order chi connectivity index (χ0) is 6.69. The molecule has 0 aliphatic heterocycles. The lowest BCUT2D eigenvalue weighted by Gasteiger charge is -1.97. The summed E-state index contributed by atoms with van der Waals surface area (Å²) in [6.45, 7) is 0. The number of rotatable bonds is 1. The molecule has 0 amide bonds. The van der Waals surface area contributed by atoms with Crippen molar-refractivity contribution in [1.29, 1.82) is 0 Å². The highest BCUT2D eigenvalue weighted by Gasteiger charge is 1.86. The van der Waals surface area contributed by atoms with Crippen LogP contribution in [0.15, 0.2) is 17.4 Å². The molecule has 5 nitrogen and oxygen atoms in total. The molecule has 0 saturated carbocycles. The first-order valence-corrected chi connectivity index (χ1v) is 2.41. The van der Waals surface area contributed by atoms with Gasteiger partial charge in [0, 0.05) is 7.05 Å². The molecule has 0 unspecified atom stereocenters. The van der Waals surface area contributed by atoms with Gasteiger partial charge in [0.15, 0.2) is 0 Å². The second kappa shape index (κ2) is 2.25. The SMILES string of the molecule is CNn1cncnc1=O. The van der Waals surface area contributed by atoms with E-state index in [0.29, 0.717) is 0 Å². The molecule has 1 aromatic heterocycles. The molecule has 1 aromatic rings. The van der Waals surface area contributed by atoms with E-state index in [1.165, 1.54) is 17.3 Å². The van der Waals surface area contributed by atoms with Crippen molar-refractivity contribution < 1.29 is 0 Å². The van der Waals surface area contributed by atoms with Gasteiger partial charge in [-0.2, -0.15) is 9.66 Å². The second-order valence-corrected chi connectivity index (χ2v) is 1.39. The van der Waals surface area contributed by atoms with Crippen LogP contribution in [-0.2, 0) is 0 Å². The molecule has 0 aromatic carbocycles. The van der Waals surface area contributed by atoms with Gasteiger partial charge in [-0.05, 0) is 0 Å². The average molecular weight is 126 g/mol. The van der Waals surface area contributed by atoms with Gasteiger partial charge in [-0.3, -0.25) is 0 Å². The van der Waals surface area contributed by atoms with Gasteiger partial charge < -0.3 is 5.43 Å². The fourth-order valence-corrected chi connectivity index (χ4v) is 0.444. The molecule has 0 bridgehead atoms. The summed E-state index contributed by atoms with van der Waals surface area (Å²) in [6.07, 6.45) is 2.56. The van der Waals surface area contributed by atoms with Gasteiger partial charge in [-0.25, -0.2) is 9.78 Å². The average Bonchev–Trinajstić information content (AvgIpc) is 1.89. The van der Waals surface area contributed by atoms with E-state index < -0.39 is 0 Å². The standard InChI is InChI=1S/C4H6N4O/c1-5-8-3-6-2-7-4(8)9/h2-3,5H,1H3. The monoisotopic (exact) mass is 126 g/mol. The van der Waals surface area contributed by atoms with Crippen molar-refractivity contribution in [3.05, 3.63) is 23.1 Å². The van der Waals surface area contributed by atoms with E-state index in [1.54, 1.807) is 7.05 Å². The van der Waals surface area contributed by atoms with Gasteiger partial charge in [0.05, 0.1) is 0 Å². The van der Waals surface area contributed by atoms with Crippen molar-refractivity contribution in [2.24, 2.45) is 0 Å². The minimum atomic E-state index is -0.354. The zero-order valence-electron chi connectivity index (χ0n) is 4.90. The highest BCUT2D eigenvalue weighted by atomic mass is 16.1. The summed E-state index contributed by atoms with van der Waals surface area (Å²) in [5.74, 6) is 0. The Hall–Kier alpha value is -1.39. The van der Waals surface area contributed by atoms with Crippen molar-refractivity contribution in [1.82, 2.24) is 14.6 Å². The lowest BCUT2D eigenvalue weighted by Crippen LogP contribution is -2.28. The molecule has 0 aliphatic carbocycles. The Morgan fingerprint density at radius 2 is 2.56 bits per heavy atom. The van der Waals surface area contributed by atoms with Gasteiger partial charge in [-0.15, -0.1) is 0 Å². The molecule has 0 radical (unpaired) electrons. The molecular weight excluding hydrogens is 120 g/mol. The lowest BCUT2D eigenvalue weighted by molar-refractivity contribution is 0.782. The van der Waals surface area contributed by atoms with Crippen LogP contribution in [0, 0.1) is 0 Å². The van der Waals surface area contributed by atoms with Gasteiger partial charge in [-0.1, -0.05) is 0 Å². The molecule has 0 fully saturated rings. The van der Waals surface area contributed by atoms with Crippen molar-refractivity contribution in [2.45, 2.75) is 0 Å². The maximum Gasteiger partial charge on any atom is 0.368 e. The second-order valence-electron chi connectivity index (χ2n) is 1.39. The maximum atomic E-state index is 10.6. The van der Waals surface area contributed by atoms with Crippen molar-refractivity contribution in [3.63, 3.8) is 0 Å². The molecule has 48 valence electrons. The highest BCUT2D eigenvalue weighted by molar-refractivity contribution is 4.69. The lowest BCUT2D eigenvalue weighted by atomic mass is 11.0. The normalized spacial score (nSPS) is 9.00. The molecule has 1 heterocycles. The number of aromatic nitrogens is 3. The van der Waals surface area contributed by atoms with Gasteiger partial charge in [0.25, 0.3) is 0 Å². The van der Waals surface area contributed by atoms with Crippen molar-refractivity contribution in [2.75, 3.05) is 12.5 Å². The third kappa shape index (κ3) is 1.04. The maximum absolute atomic E-state index is 10.6. The molecule has 9 heavy (non-hydrogen) atoms. The predicted molar refractivity (Wildman–Crippen MR) is 31.6 cm³/mol. The van der Waals surface area contributed by atoms with Gasteiger partial charge in [0.1, 0.15) is 12.7 Å². The summed E-state index contributed by atoms with van der Waals surface area (Å²) in [5, 5.41) is 0. The first-order valence-electron chi connectivity index (χ1n) is 2.41. The topological polar surface area (TPSA) is 59.8 Å². The molecule has 0 aliphatic rings. The number of hydrogen-bond acceptors (Lipinski definition) is 4. The number of nitrogens with zero attached hydrogens (tertiary/aromatic N) is 3.